The molecular weight excluding hydrogens is 331 g/mol. The lowest BCUT2D eigenvalue weighted by atomic mass is 10.0. The fourth-order valence-corrected chi connectivity index (χ4v) is 3.75. The molecule has 3 rings (SSSR count). The highest BCUT2D eigenvalue weighted by Gasteiger charge is 2.16. The van der Waals surface area contributed by atoms with Crippen molar-refractivity contribution in [1.29, 1.82) is 0 Å². The van der Waals surface area contributed by atoms with Gasteiger partial charge < -0.3 is 11.1 Å². The first-order valence-electron chi connectivity index (χ1n) is 8.19. The largest absolute Gasteiger partial charge is 0.397 e. The first-order chi connectivity index (χ1) is 12.0. The van der Waals surface area contributed by atoms with Crippen LogP contribution >= 0.6 is 11.3 Å². The minimum atomic E-state index is -0.252. The molecule has 2 aromatic carbocycles. The van der Waals surface area contributed by atoms with Gasteiger partial charge in [0.15, 0.2) is 0 Å². The van der Waals surface area contributed by atoms with E-state index in [1.807, 2.05) is 6.92 Å². The molecule has 0 aliphatic rings. The van der Waals surface area contributed by atoms with Crippen molar-refractivity contribution >= 4 is 33.3 Å². The minimum absolute atomic E-state index is 0.252. The molecule has 3 N–H and O–H groups in total. The Morgan fingerprint density at radius 3 is 2.36 bits per heavy atom. The molecule has 2 nitrogen and oxygen atoms in total. The molecule has 0 unspecified atom stereocenters. The summed E-state index contributed by atoms with van der Waals surface area (Å²) in [6.45, 7) is 8.36. The highest BCUT2D eigenvalue weighted by molar-refractivity contribution is 7.18. The zero-order valence-corrected chi connectivity index (χ0v) is 15.2. The third kappa shape index (κ3) is 3.59. The second-order valence-corrected chi connectivity index (χ2v) is 6.98. The number of hydrogen-bond acceptors (Lipinski definition) is 3. The molecule has 0 aliphatic heterocycles. The lowest BCUT2D eigenvalue weighted by Gasteiger charge is -2.06. The van der Waals surface area contributed by atoms with Gasteiger partial charge in [0.05, 0.1) is 15.6 Å². The Kier molecular flexibility index (Phi) is 4.91. The average molecular weight is 352 g/mol. The number of thiophene rings is 1. The van der Waals surface area contributed by atoms with E-state index < -0.39 is 0 Å². The second-order valence-electron chi connectivity index (χ2n) is 5.96. The van der Waals surface area contributed by atoms with Crippen LogP contribution in [0.4, 0.5) is 20.8 Å². The van der Waals surface area contributed by atoms with Crippen LogP contribution in [0.2, 0.25) is 0 Å². The summed E-state index contributed by atoms with van der Waals surface area (Å²) in [5, 5.41) is 4.27. The maximum atomic E-state index is 13.1. The molecule has 0 saturated heterocycles. The molecule has 0 aliphatic carbocycles. The van der Waals surface area contributed by atoms with Gasteiger partial charge in [-0.2, -0.15) is 0 Å². The molecule has 0 spiro atoms. The number of nitrogens with two attached hydrogens (primary N) is 1. The molecule has 128 valence electrons. The third-order valence-corrected chi connectivity index (χ3v) is 5.56. The summed E-state index contributed by atoms with van der Waals surface area (Å²) >= 11 is 1.57. The molecule has 1 aromatic heterocycles. The van der Waals surface area contributed by atoms with Gasteiger partial charge in [0, 0.05) is 11.3 Å². The summed E-state index contributed by atoms with van der Waals surface area (Å²) in [6, 6.07) is 14.7. The molecule has 4 heteroatoms. The molecule has 0 fully saturated rings. The van der Waals surface area contributed by atoms with Crippen molar-refractivity contribution < 1.29 is 4.39 Å². The van der Waals surface area contributed by atoms with E-state index in [1.54, 1.807) is 23.5 Å². The van der Waals surface area contributed by atoms with E-state index in [1.165, 1.54) is 17.7 Å². The first-order valence-corrected chi connectivity index (χ1v) is 9.01. The van der Waals surface area contributed by atoms with Crippen LogP contribution in [0.25, 0.3) is 5.57 Å². The summed E-state index contributed by atoms with van der Waals surface area (Å²) in [7, 11) is 0. The normalized spacial score (nSPS) is 10.7. The fraction of sp³-hybridized carbons (Fsp3) is 0.143. The monoisotopic (exact) mass is 352 g/mol. The Labute approximate surface area is 151 Å². The molecule has 0 amide bonds. The Morgan fingerprint density at radius 1 is 1.12 bits per heavy atom. The smallest absolute Gasteiger partial charge is 0.123 e. The summed E-state index contributed by atoms with van der Waals surface area (Å²) in [4.78, 5) is 0.964. The van der Waals surface area contributed by atoms with Crippen molar-refractivity contribution in [2.75, 3.05) is 11.1 Å². The quantitative estimate of drug-likeness (QED) is 0.578. The van der Waals surface area contributed by atoms with Crippen LogP contribution in [0.15, 0.2) is 55.1 Å². The number of aryl methyl sites for hydroxylation is 1. The van der Waals surface area contributed by atoms with Crippen molar-refractivity contribution in [3.63, 3.8) is 0 Å². The van der Waals surface area contributed by atoms with E-state index in [9.17, 15) is 4.39 Å². The van der Waals surface area contributed by atoms with Crippen molar-refractivity contribution in [2.24, 2.45) is 0 Å². The highest BCUT2D eigenvalue weighted by atomic mass is 32.1. The van der Waals surface area contributed by atoms with E-state index in [4.69, 9.17) is 5.73 Å². The van der Waals surface area contributed by atoms with Gasteiger partial charge in [0.2, 0.25) is 0 Å². The van der Waals surface area contributed by atoms with E-state index >= 15 is 0 Å². The number of halogens is 1. The zero-order valence-electron chi connectivity index (χ0n) is 14.4. The molecule has 0 radical (unpaired) electrons. The second kappa shape index (κ2) is 7.11. The molecular formula is C21H21FN2S. The van der Waals surface area contributed by atoms with Crippen molar-refractivity contribution in [2.45, 2.75) is 20.3 Å². The van der Waals surface area contributed by atoms with Crippen molar-refractivity contribution in [3.8, 4) is 0 Å². The third-order valence-electron chi connectivity index (χ3n) is 4.28. The summed E-state index contributed by atoms with van der Waals surface area (Å²) in [5.41, 5.74) is 12.2. The standard InChI is InChI=1S/C21H21FN2S/c1-4-15-5-7-16(8-6-15)13(2)20-19(23)14(3)21(25-20)24-18-11-9-17(22)10-12-18/h5-12,24H,2,4,23H2,1,3H3. The minimum Gasteiger partial charge on any atom is -0.397 e. The van der Waals surface area contributed by atoms with Crippen LogP contribution < -0.4 is 11.1 Å². The van der Waals surface area contributed by atoms with Crippen LogP contribution in [0.1, 0.15) is 28.5 Å². The Balaban J connectivity index is 1.89. The predicted molar refractivity (Wildman–Crippen MR) is 107 cm³/mol. The van der Waals surface area contributed by atoms with Crippen LogP contribution in [0.3, 0.4) is 0 Å². The molecule has 0 saturated carbocycles. The van der Waals surface area contributed by atoms with Crippen LogP contribution in [-0.4, -0.2) is 0 Å². The fourth-order valence-electron chi connectivity index (χ4n) is 2.61. The average Bonchev–Trinajstić information content (AvgIpc) is 2.91. The molecule has 1 heterocycles. The molecule has 3 aromatic rings. The number of anilines is 3. The number of nitrogen functional groups attached to an aromatic ring is 1. The predicted octanol–water partition coefficient (Wildman–Crippen LogP) is 6.15. The van der Waals surface area contributed by atoms with Crippen LogP contribution in [0, 0.1) is 12.7 Å². The Hall–Kier alpha value is -2.59. The van der Waals surface area contributed by atoms with Gasteiger partial charge in [-0.15, -0.1) is 11.3 Å². The maximum absolute atomic E-state index is 13.1. The van der Waals surface area contributed by atoms with E-state index in [0.29, 0.717) is 0 Å². The van der Waals surface area contributed by atoms with E-state index in [2.05, 4.69) is 43.1 Å². The Bertz CT molecular complexity index is 893. The molecule has 25 heavy (non-hydrogen) atoms. The zero-order chi connectivity index (χ0) is 18.0. The lowest BCUT2D eigenvalue weighted by molar-refractivity contribution is 0.628. The summed E-state index contributed by atoms with van der Waals surface area (Å²) in [5.74, 6) is -0.252. The lowest BCUT2D eigenvalue weighted by Crippen LogP contribution is -1.93. The SMILES string of the molecule is C=C(c1ccc(CC)cc1)c1sc(Nc2ccc(F)cc2)c(C)c1N. The van der Waals surface area contributed by atoms with Gasteiger partial charge in [0.25, 0.3) is 0 Å². The number of hydrogen-bond donors (Lipinski definition) is 2. The summed E-state index contributed by atoms with van der Waals surface area (Å²) in [6.07, 6.45) is 1.01. The van der Waals surface area contributed by atoms with E-state index in [-0.39, 0.29) is 5.82 Å². The van der Waals surface area contributed by atoms with Gasteiger partial charge >= 0.3 is 0 Å². The first kappa shape index (κ1) is 17.2. The number of rotatable bonds is 5. The summed E-state index contributed by atoms with van der Waals surface area (Å²) < 4.78 is 13.1. The number of benzene rings is 2. The van der Waals surface area contributed by atoms with Crippen LogP contribution in [0.5, 0.6) is 0 Å². The maximum Gasteiger partial charge on any atom is 0.123 e. The number of nitrogens with one attached hydrogen (secondary N) is 1. The topological polar surface area (TPSA) is 38.0 Å². The van der Waals surface area contributed by atoms with Gasteiger partial charge in [-0.1, -0.05) is 37.8 Å². The van der Waals surface area contributed by atoms with Gasteiger partial charge in [0.1, 0.15) is 5.82 Å². The highest BCUT2D eigenvalue weighted by Crippen LogP contribution is 2.42. The Morgan fingerprint density at radius 2 is 1.76 bits per heavy atom. The van der Waals surface area contributed by atoms with Crippen molar-refractivity contribution in [1.82, 2.24) is 0 Å². The van der Waals surface area contributed by atoms with Gasteiger partial charge in [-0.25, -0.2) is 4.39 Å². The van der Waals surface area contributed by atoms with Crippen molar-refractivity contribution in [3.05, 3.63) is 82.5 Å². The van der Waals surface area contributed by atoms with Gasteiger partial charge in [-0.3, -0.25) is 0 Å². The van der Waals surface area contributed by atoms with Gasteiger partial charge in [-0.05, 0) is 54.3 Å². The van der Waals surface area contributed by atoms with E-state index in [0.717, 1.165) is 44.4 Å². The molecule has 0 atom stereocenters. The van der Waals surface area contributed by atoms with Crippen LogP contribution in [-0.2, 0) is 6.42 Å². The molecule has 0 bridgehead atoms.